The first-order chi connectivity index (χ1) is 9.81. The molecule has 1 aromatic carbocycles. The lowest BCUT2D eigenvalue weighted by atomic mass is 10.2. The van der Waals surface area contributed by atoms with Crippen LogP contribution in [-0.2, 0) is 0 Å². The van der Waals surface area contributed by atoms with Crippen molar-refractivity contribution >= 4 is 5.69 Å². The van der Waals surface area contributed by atoms with Crippen molar-refractivity contribution in [1.82, 2.24) is 9.80 Å². The number of hydrogen-bond donors (Lipinski definition) is 1. The van der Waals surface area contributed by atoms with Crippen molar-refractivity contribution in [1.29, 1.82) is 0 Å². The van der Waals surface area contributed by atoms with E-state index in [1.165, 1.54) is 56.7 Å². The summed E-state index contributed by atoms with van der Waals surface area (Å²) in [6, 6.07) is 9.47. The van der Waals surface area contributed by atoms with Gasteiger partial charge >= 0.3 is 0 Å². The fourth-order valence-corrected chi connectivity index (χ4v) is 3.53. The second-order valence-corrected chi connectivity index (χ2v) is 6.28. The largest absolute Gasteiger partial charge is 0.384 e. The van der Waals surface area contributed by atoms with Crippen LogP contribution in [0, 0.1) is 6.92 Å². The Morgan fingerprint density at radius 1 is 1.20 bits per heavy atom. The molecule has 0 saturated carbocycles. The first kappa shape index (κ1) is 13.9. The predicted octanol–water partition coefficient (Wildman–Crippen LogP) is 2.58. The van der Waals surface area contributed by atoms with E-state index < -0.39 is 0 Å². The third-order valence-corrected chi connectivity index (χ3v) is 4.68. The molecule has 110 valence electrons. The third-order valence-electron chi connectivity index (χ3n) is 4.68. The molecule has 1 atom stereocenters. The van der Waals surface area contributed by atoms with Gasteiger partial charge in [-0.05, 0) is 63.5 Å². The molecule has 0 amide bonds. The van der Waals surface area contributed by atoms with Crippen molar-refractivity contribution in [3.05, 3.63) is 29.8 Å². The van der Waals surface area contributed by atoms with Crippen LogP contribution >= 0.6 is 0 Å². The van der Waals surface area contributed by atoms with Crippen LogP contribution in [0.4, 0.5) is 5.69 Å². The van der Waals surface area contributed by atoms with E-state index in [1.807, 2.05) is 0 Å². The molecule has 0 bridgehead atoms. The maximum absolute atomic E-state index is 3.54. The summed E-state index contributed by atoms with van der Waals surface area (Å²) in [5.41, 5.74) is 2.57. The lowest BCUT2D eigenvalue weighted by Crippen LogP contribution is -2.36. The molecule has 3 rings (SSSR count). The van der Waals surface area contributed by atoms with Crippen LogP contribution in [-0.4, -0.2) is 55.1 Å². The van der Waals surface area contributed by atoms with Crippen LogP contribution in [0.1, 0.15) is 24.8 Å². The summed E-state index contributed by atoms with van der Waals surface area (Å²) < 4.78 is 0. The number of nitrogens with zero attached hydrogens (tertiary/aromatic N) is 2. The van der Waals surface area contributed by atoms with Gasteiger partial charge in [-0.2, -0.15) is 0 Å². The zero-order chi connectivity index (χ0) is 13.8. The molecule has 0 aromatic heterocycles. The molecule has 1 unspecified atom stereocenters. The van der Waals surface area contributed by atoms with E-state index in [0.717, 1.165) is 19.1 Å². The Hall–Kier alpha value is -1.06. The number of rotatable bonds is 5. The first-order valence-electron chi connectivity index (χ1n) is 8.08. The molecular weight excluding hydrogens is 246 g/mol. The highest BCUT2D eigenvalue weighted by Gasteiger charge is 2.28. The molecule has 2 fully saturated rings. The summed E-state index contributed by atoms with van der Waals surface area (Å²) in [5, 5.41) is 3.54. The van der Waals surface area contributed by atoms with Crippen LogP contribution < -0.4 is 5.32 Å². The van der Waals surface area contributed by atoms with E-state index in [2.05, 4.69) is 46.3 Å². The van der Waals surface area contributed by atoms with E-state index >= 15 is 0 Å². The van der Waals surface area contributed by atoms with Crippen molar-refractivity contribution < 1.29 is 0 Å². The summed E-state index contributed by atoms with van der Waals surface area (Å²) in [7, 11) is 0. The molecule has 2 heterocycles. The minimum atomic E-state index is 0.830. The Labute approximate surface area is 123 Å². The molecule has 3 heteroatoms. The normalized spacial score (nSPS) is 24.4. The third kappa shape index (κ3) is 3.53. The molecule has 3 nitrogen and oxygen atoms in total. The standard InChI is InChI=1S/C17H27N3/c1-15-5-4-6-16(13-15)18-8-12-19-11-7-17(14-19)20-9-2-3-10-20/h4-6,13,17-18H,2-3,7-12,14H2,1H3. The van der Waals surface area contributed by atoms with E-state index in [9.17, 15) is 0 Å². The summed E-state index contributed by atoms with van der Waals surface area (Å²) in [6.45, 7) is 9.58. The summed E-state index contributed by atoms with van der Waals surface area (Å²) in [6.07, 6.45) is 4.18. The van der Waals surface area contributed by atoms with Crippen molar-refractivity contribution in [2.75, 3.05) is 44.6 Å². The summed E-state index contributed by atoms with van der Waals surface area (Å²) in [5.74, 6) is 0. The quantitative estimate of drug-likeness (QED) is 0.889. The fraction of sp³-hybridized carbons (Fsp3) is 0.647. The Bertz CT molecular complexity index is 426. The number of benzene rings is 1. The maximum Gasteiger partial charge on any atom is 0.0343 e. The fourth-order valence-electron chi connectivity index (χ4n) is 3.53. The number of nitrogens with one attached hydrogen (secondary N) is 1. The van der Waals surface area contributed by atoms with Gasteiger partial charge in [0.2, 0.25) is 0 Å². The topological polar surface area (TPSA) is 18.5 Å². The van der Waals surface area contributed by atoms with Gasteiger partial charge in [-0.1, -0.05) is 12.1 Å². The minimum absolute atomic E-state index is 0.830. The van der Waals surface area contributed by atoms with E-state index in [-0.39, 0.29) is 0 Å². The van der Waals surface area contributed by atoms with Gasteiger partial charge in [0.1, 0.15) is 0 Å². The number of likely N-dealkylation sites (tertiary alicyclic amines) is 2. The maximum atomic E-state index is 3.54. The molecule has 0 aliphatic carbocycles. The molecule has 0 radical (unpaired) electrons. The van der Waals surface area contributed by atoms with Crippen molar-refractivity contribution in [2.45, 2.75) is 32.2 Å². The molecule has 0 spiro atoms. The molecule has 2 aliphatic rings. The first-order valence-corrected chi connectivity index (χ1v) is 8.08. The van der Waals surface area contributed by atoms with Crippen LogP contribution in [0.25, 0.3) is 0 Å². The van der Waals surface area contributed by atoms with Gasteiger partial charge in [0.05, 0.1) is 0 Å². The van der Waals surface area contributed by atoms with Crippen LogP contribution in [0.5, 0.6) is 0 Å². The second kappa shape index (κ2) is 6.59. The molecule has 20 heavy (non-hydrogen) atoms. The van der Waals surface area contributed by atoms with E-state index in [0.29, 0.717) is 0 Å². The van der Waals surface area contributed by atoms with Gasteiger partial charge in [-0.3, -0.25) is 9.80 Å². The highest BCUT2D eigenvalue weighted by Crippen LogP contribution is 2.20. The smallest absolute Gasteiger partial charge is 0.0343 e. The Kier molecular flexibility index (Phi) is 4.58. The van der Waals surface area contributed by atoms with Gasteiger partial charge in [0.15, 0.2) is 0 Å². The number of anilines is 1. The lowest BCUT2D eigenvalue weighted by molar-refractivity contribution is 0.234. The van der Waals surface area contributed by atoms with E-state index in [4.69, 9.17) is 0 Å². The van der Waals surface area contributed by atoms with Gasteiger partial charge < -0.3 is 5.32 Å². The average Bonchev–Trinajstić information content (AvgIpc) is 3.09. The Morgan fingerprint density at radius 2 is 2.05 bits per heavy atom. The molecule has 2 aliphatic heterocycles. The second-order valence-electron chi connectivity index (χ2n) is 6.28. The predicted molar refractivity (Wildman–Crippen MR) is 85.3 cm³/mol. The average molecular weight is 273 g/mol. The zero-order valence-corrected chi connectivity index (χ0v) is 12.6. The molecule has 1 aromatic rings. The van der Waals surface area contributed by atoms with Crippen LogP contribution in [0.3, 0.4) is 0 Å². The van der Waals surface area contributed by atoms with Gasteiger partial charge in [-0.15, -0.1) is 0 Å². The summed E-state index contributed by atoms with van der Waals surface area (Å²) in [4.78, 5) is 5.32. The zero-order valence-electron chi connectivity index (χ0n) is 12.6. The molecule has 2 saturated heterocycles. The monoisotopic (exact) mass is 273 g/mol. The van der Waals surface area contributed by atoms with Crippen LogP contribution in [0.2, 0.25) is 0 Å². The van der Waals surface area contributed by atoms with Crippen molar-refractivity contribution in [2.24, 2.45) is 0 Å². The highest BCUT2D eigenvalue weighted by molar-refractivity contribution is 5.45. The summed E-state index contributed by atoms with van der Waals surface area (Å²) >= 11 is 0. The van der Waals surface area contributed by atoms with Gasteiger partial charge in [0.25, 0.3) is 0 Å². The minimum Gasteiger partial charge on any atom is -0.384 e. The van der Waals surface area contributed by atoms with Crippen LogP contribution in [0.15, 0.2) is 24.3 Å². The molecule has 1 N–H and O–H groups in total. The van der Waals surface area contributed by atoms with Gasteiger partial charge in [0, 0.05) is 31.4 Å². The van der Waals surface area contributed by atoms with Crippen molar-refractivity contribution in [3.8, 4) is 0 Å². The lowest BCUT2D eigenvalue weighted by Gasteiger charge is -2.23. The number of hydrogen-bond acceptors (Lipinski definition) is 3. The Balaban J connectivity index is 1.39. The Morgan fingerprint density at radius 3 is 2.85 bits per heavy atom. The van der Waals surface area contributed by atoms with E-state index in [1.54, 1.807) is 0 Å². The number of aryl methyl sites for hydroxylation is 1. The van der Waals surface area contributed by atoms with Crippen molar-refractivity contribution in [3.63, 3.8) is 0 Å². The molecular formula is C17H27N3. The highest BCUT2D eigenvalue weighted by atomic mass is 15.3. The SMILES string of the molecule is Cc1cccc(NCCN2CCC(N3CCCC3)C2)c1. The van der Waals surface area contributed by atoms with Gasteiger partial charge in [-0.25, -0.2) is 0 Å².